The fourth-order valence-corrected chi connectivity index (χ4v) is 4.65. The maximum atomic E-state index is 11.7. The Kier molecular flexibility index (Phi) is 4.37. The zero-order valence-electron chi connectivity index (χ0n) is 13.9. The number of carbonyl (C=O) groups excluding carboxylic acids is 1. The van der Waals surface area contributed by atoms with E-state index in [0.717, 1.165) is 31.7 Å². The third kappa shape index (κ3) is 2.86. The summed E-state index contributed by atoms with van der Waals surface area (Å²) >= 11 is 1.76. The minimum atomic E-state index is -0.0606. The van der Waals surface area contributed by atoms with Crippen LogP contribution in [0.1, 0.15) is 42.3 Å². The van der Waals surface area contributed by atoms with E-state index in [1.807, 2.05) is 4.68 Å². The number of fused-ring (bicyclic) bond motifs is 1. The predicted octanol–water partition coefficient (Wildman–Crippen LogP) is 2.14. The third-order valence-electron chi connectivity index (χ3n) is 4.83. The number of nitrogens with one attached hydrogen (secondary N) is 1. The van der Waals surface area contributed by atoms with Gasteiger partial charge in [0.25, 0.3) is 0 Å². The molecule has 6 nitrogen and oxygen atoms in total. The molecule has 0 aromatic carbocycles. The summed E-state index contributed by atoms with van der Waals surface area (Å²) in [5.41, 5.74) is 2.90. The number of rotatable bonds is 4. The maximum Gasteiger partial charge on any atom is 0.227 e. The first kappa shape index (κ1) is 15.8. The topological polar surface area (TPSA) is 69.0 Å². The van der Waals surface area contributed by atoms with Crippen LogP contribution < -0.4 is 5.32 Å². The lowest BCUT2D eigenvalue weighted by Crippen LogP contribution is -2.21. The number of ether oxygens (including phenoxy) is 1. The Morgan fingerprint density at radius 2 is 2.33 bits per heavy atom. The highest BCUT2D eigenvalue weighted by molar-refractivity contribution is 7.13. The van der Waals surface area contributed by atoms with E-state index < -0.39 is 0 Å². The fraction of sp³-hybridized carbons (Fsp3) is 0.588. The van der Waals surface area contributed by atoms with E-state index in [2.05, 4.69) is 15.8 Å². The average molecular weight is 346 g/mol. The number of hydrogen-bond donors (Lipinski definition) is 1. The molecule has 1 saturated heterocycles. The Balaban J connectivity index is 1.75. The molecule has 1 fully saturated rings. The second-order valence-corrected chi connectivity index (χ2v) is 7.32. The number of hydrogen-bond acceptors (Lipinski definition) is 5. The Morgan fingerprint density at radius 3 is 3.12 bits per heavy atom. The summed E-state index contributed by atoms with van der Waals surface area (Å²) in [5, 5.41) is 9.57. The molecule has 0 radical (unpaired) electrons. The quantitative estimate of drug-likeness (QED) is 0.921. The van der Waals surface area contributed by atoms with Crippen LogP contribution in [0.2, 0.25) is 0 Å². The summed E-state index contributed by atoms with van der Waals surface area (Å²) in [6.45, 7) is 1.43. The molecular formula is C17H22N4O2S. The first-order chi connectivity index (χ1) is 11.8. The van der Waals surface area contributed by atoms with Gasteiger partial charge in [-0.1, -0.05) is 0 Å². The first-order valence-corrected chi connectivity index (χ1v) is 9.47. The van der Waals surface area contributed by atoms with Gasteiger partial charge in [-0.25, -0.2) is 9.67 Å². The lowest BCUT2D eigenvalue weighted by Gasteiger charge is -2.15. The fourth-order valence-electron chi connectivity index (χ4n) is 3.51. The number of aromatic nitrogens is 3. The second-order valence-electron chi connectivity index (χ2n) is 6.44. The highest BCUT2D eigenvalue weighted by atomic mass is 32.1. The molecule has 1 amide bonds. The van der Waals surface area contributed by atoms with Crippen LogP contribution in [0.3, 0.4) is 0 Å². The Morgan fingerprint density at radius 1 is 1.46 bits per heavy atom. The van der Waals surface area contributed by atoms with Crippen molar-refractivity contribution < 1.29 is 9.53 Å². The van der Waals surface area contributed by atoms with Gasteiger partial charge in [0, 0.05) is 13.7 Å². The van der Waals surface area contributed by atoms with E-state index in [-0.39, 0.29) is 18.4 Å². The van der Waals surface area contributed by atoms with E-state index in [0.29, 0.717) is 12.4 Å². The molecule has 1 aliphatic carbocycles. The summed E-state index contributed by atoms with van der Waals surface area (Å²) in [4.78, 5) is 17.7. The highest BCUT2D eigenvalue weighted by Gasteiger charge is 2.27. The van der Waals surface area contributed by atoms with Gasteiger partial charge in [-0.15, -0.1) is 11.3 Å². The van der Waals surface area contributed by atoms with Crippen molar-refractivity contribution in [2.24, 2.45) is 0 Å². The van der Waals surface area contributed by atoms with E-state index in [4.69, 9.17) is 9.72 Å². The lowest BCUT2D eigenvalue weighted by atomic mass is 9.94. The van der Waals surface area contributed by atoms with Crippen molar-refractivity contribution in [2.75, 3.05) is 20.3 Å². The summed E-state index contributed by atoms with van der Waals surface area (Å²) in [6.07, 6.45) is 5.96. The summed E-state index contributed by atoms with van der Waals surface area (Å²) < 4.78 is 7.55. The van der Waals surface area contributed by atoms with Gasteiger partial charge < -0.3 is 10.1 Å². The number of aryl methyl sites for hydroxylation is 1. The average Bonchev–Trinajstić information content (AvgIpc) is 3.33. The molecule has 4 rings (SSSR count). The number of likely N-dealkylation sites (N-methyl/N-ethyl adjacent to an activating group) is 1. The van der Waals surface area contributed by atoms with Gasteiger partial charge in [0.05, 0.1) is 23.9 Å². The van der Waals surface area contributed by atoms with Crippen LogP contribution in [-0.2, 0) is 28.8 Å². The molecule has 2 aromatic rings. The van der Waals surface area contributed by atoms with Gasteiger partial charge in [-0.2, -0.15) is 5.10 Å². The molecule has 3 heterocycles. The largest absolute Gasteiger partial charge is 0.379 e. The van der Waals surface area contributed by atoms with Crippen molar-refractivity contribution in [1.29, 1.82) is 0 Å². The lowest BCUT2D eigenvalue weighted by molar-refractivity contribution is -0.120. The van der Waals surface area contributed by atoms with Crippen LogP contribution >= 0.6 is 11.3 Å². The molecule has 2 aromatic heterocycles. The summed E-state index contributed by atoms with van der Waals surface area (Å²) in [5.74, 6) is 1.45. The normalized spacial score (nSPS) is 20.1. The Hall–Kier alpha value is -1.73. The molecule has 2 aliphatic rings. The van der Waals surface area contributed by atoms with Crippen LogP contribution in [0.4, 0.5) is 0 Å². The molecule has 1 N–H and O–H groups in total. The van der Waals surface area contributed by atoms with Crippen molar-refractivity contribution in [1.82, 2.24) is 20.1 Å². The molecule has 7 heteroatoms. The number of carbonyl (C=O) groups is 1. The molecule has 1 aliphatic heterocycles. The van der Waals surface area contributed by atoms with E-state index >= 15 is 0 Å². The predicted molar refractivity (Wildman–Crippen MR) is 92.2 cm³/mol. The van der Waals surface area contributed by atoms with Crippen LogP contribution in [0, 0.1) is 0 Å². The Labute approximate surface area is 145 Å². The number of thiophene rings is 1. The van der Waals surface area contributed by atoms with Crippen LogP contribution in [0.15, 0.2) is 5.38 Å². The third-order valence-corrected chi connectivity index (χ3v) is 5.90. The van der Waals surface area contributed by atoms with Crippen molar-refractivity contribution in [3.8, 4) is 10.7 Å². The summed E-state index contributed by atoms with van der Waals surface area (Å²) in [7, 11) is 1.64. The van der Waals surface area contributed by atoms with E-state index in [1.54, 1.807) is 18.4 Å². The van der Waals surface area contributed by atoms with Gasteiger partial charge in [0.1, 0.15) is 0 Å². The SMILES string of the molecule is CNC(=O)Cc1nc(-c2scc3c2CCCC3)n(C2CCOC2)n1. The minimum Gasteiger partial charge on any atom is -0.379 e. The van der Waals surface area contributed by atoms with E-state index in [1.165, 1.54) is 28.8 Å². The van der Waals surface area contributed by atoms with Crippen molar-refractivity contribution in [3.63, 3.8) is 0 Å². The number of amides is 1. The van der Waals surface area contributed by atoms with Gasteiger partial charge in [-0.05, 0) is 48.6 Å². The van der Waals surface area contributed by atoms with E-state index in [9.17, 15) is 4.79 Å². The molecule has 1 atom stereocenters. The summed E-state index contributed by atoms with van der Waals surface area (Å²) in [6, 6.07) is 0.215. The molecule has 0 spiro atoms. The molecule has 128 valence electrons. The second kappa shape index (κ2) is 6.64. The zero-order chi connectivity index (χ0) is 16.5. The smallest absolute Gasteiger partial charge is 0.227 e. The van der Waals surface area contributed by atoms with Gasteiger partial charge >= 0.3 is 0 Å². The molecule has 1 unspecified atom stereocenters. The molecular weight excluding hydrogens is 324 g/mol. The zero-order valence-corrected chi connectivity index (χ0v) is 14.7. The van der Waals surface area contributed by atoms with Crippen molar-refractivity contribution in [3.05, 3.63) is 22.3 Å². The van der Waals surface area contributed by atoms with Gasteiger partial charge in [0.2, 0.25) is 5.91 Å². The Bertz CT molecular complexity index is 746. The standard InChI is InChI=1S/C17H22N4O2S/c1-18-15(22)8-14-19-17(21(20-14)12-6-7-23-9-12)16-13-5-3-2-4-11(13)10-24-16/h10,12H,2-9H2,1H3,(H,18,22). The number of nitrogens with zero attached hydrogens (tertiary/aromatic N) is 3. The van der Waals surface area contributed by atoms with Crippen LogP contribution in [0.25, 0.3) is 10.7 Å². The van der Waals surface area contributed by atoms with Crippen LogP contribution in [-0.4, -0.2) is 40.9 Å². The van der Waals surface area contributed by atoms with Crippen molar-refractivity contribution >= 4 is 17.2 Å². The molecule has 24 heavy (non-hydrogen) atoms. The highest BCUT2D eigenvalue weighted by Crippen LogP contribution is 2.37. The molecule has 0 bridgehead atoms. The van der Waals surface area contributed by atoms with Gasteiger partial charge in [-0.3, -0.25) is 4.79 Å². The van der Waals surface area contributed by atoms with Crippen LogP contribution in [0.5, 0.6) is 0 Å². The monoisotopic (exact) mass is 346 g/mol. The first-order valence-electron chi connectivity index (χ1n) is 8.59. The minimum absolute atomic E-state index is 0.0606. The maximum absolute atomic E-state index is 11.7. The van der Waals surface area contributed by atoms with Crippen molar-refractivity contribution in [2.45, 2.75) is 44.6 Å². The molecule has 0 saturated carbocycles. The van der Waals surface area contributed by atoms with Gasteiger partial charge in [0.15, 0.2) is 11.6 Å².